The Kier molecular flexibility index (Phi) is 6.95. The number of carboxylic acids is 1. The Morgan fingerprint density at radius 3 is 2.36 bits per heavy atom. The largest absolute Gasteiger partial charge is 0.480 e. The number of carboxylic acid groups (broad SMARTS) is 1. The molecule has 1 atom stereocenters. The normalized spacial score (nSPS) is 12.7. The Morgan fingerprint density at radius 2 is 1.88 bits per heavy atom. The number of hydrogen-bond acceptors (Lipinski definition) is 5. The number of nitrogens with zero attached hydrogens (tertiary/aromatic N) is 2. The molecule has 0 heterocycles. The lowest BCUT2D eigenvalue weighted by Crippen LogP contribution is -2.46. The molecule has 0 aromatic heterocycles. The predicted octanol–water partition coefficient (Wildman–Crippen LogP) is 0.661. The van der Waals surface area contributed by atoms with E-state index in [-0.39, 0.29) is 23.9 Å². The molecule has 1 amide bonds. The number of carbonyl (C=O) groups is 2. The summed E-state index contributed by atoms with van der Waals surface area (Å²) in [5, 5.41) is 11.7. The van der Waals surface area contributed by atoms with Gasteiger partial charge >= 0.3 is 5.97 Å². The maximum Gasteiger partial charge on any atom is 0.321 e. The third-order valence-corrected chi connectivity index (χ3v) is 5.73. The van der Waals surface area contributed by atoms with E-state index in [0.717, 1.165) is 15.6 Å². The van der Waals surface area contributed by atoms with Crippen LogP contribution in [0, 0.1) is 6.92 Å². The number of hydrogen-bond donors (Lipinski definition) is 2. The fraction of sp³-hybridized carbons (Fsp3) is 0.500. The zero-order valence-corrected chi connectivity index (χ0v) is 15.9. The van der Waals surface area contributed by atoms with E-state index in [1.165, 1.54) is 26.0 Å². The van der Waals surface area contributed by atoms with Crippen LogP contribution >= 0.6 is 0 Å². The molecule has 1 unspecified atom stereocenters. The van der Waals surface area contributed by atoms with Crippen LogP contribution in [-0.2, 0) is 19.6 Å². The van der Waals surface area contributed by atoms with E-state index in [1.54, 1.807) is 25.1 Å². The summed E-state index contributed by atoms with van der Waals surface area (Å²) in [7, 11) is -0.444. The fourth-order valence-electron chi connectivity index (χ4n) is 2.35. The van der Waals surface area contributed by atoms with E-state index in [2.05, 4.69) is 5.32 Å². The van der Waals surface area contributed by atoms with E-state index in [1.807, 2.05) is 6.92 Å². The second-order valence-electron chi connectivity index (χ2n) is 5.96. The van der Waals surface area contributed by atoms with Crippen molar-refractivity contribution < 1.29 is 23.1 Å². The third-order valence-electron chi connectivity index (χ3n) is 3.76. The zero-order valence-electron chi connectivity index (χ0n) is 15.1. The van der Waals surface area contributed by atoms with Gasteiger partial charge in [-0.15, -0.1) is 0 Å². The van der Waals surface area contributed by atoms with Gasteiger partial charge in [-0.1, -0.05) is 6.07 Å². The first kappa shape index (κ1) is 20.9. The highest BCUT2D eigenvalue weighted by Crippen LogP contribution is 2.25. The SMILES string of the molecule is CC(=O)NCCN(C(C)C(=O)O)S(=O)(=O)c1ccc(C)c(N(C)C)c1. The average Bonchev–Trinajstić information content (AvgIpc) is 2.50. The minimum Gasteiger partial charge on any atom is -0.480 e. The molecule has 25 heavy (non-hydrogen) atoms. The molecule has 1 rings (SSSR count). The highest BCUT2D eigenvalue weighted by molar-refractivity contribution is 7.89. The summed E-state index contributed by atoms with van der Waals surface area (Å²) >= 11 is 0. The van der Waals surface area contributed by atoms with Gasteiger partial charge in [0.05, 0.1) is 4.90 Å². The molecule has 0 saturated carbocycles. The van der Waals surface area contributed by atoms with E-state index in [9.17, 15) is 23.1 Å². The number of aryl methyl sites for hydroxylation is 1. The quantitative estimate of drug-likeness (QED) is 0.695. The molecule has 9 heteroatoms. The summed E-state index contributed by atoms with van der Waals surface area (Å²) in [4.78, 5) is 24.1. The van der Waals surface area contributed by atoms with Crippen molar-refractivity contribution in [3.8, 4) is 0 Å². The maximum absolute atomic E-state index is 13.0. The van der Waals surface area contributed by atoms with Gasteiger partial charge in [-0.25, -0.2) is 8.42 Å². The summed E-state index contributed by atoms with van der Waals surface area (Å²) in [5.74, 6) is -1.57. The van der Waals surface area contributed by atoms with Gasteiger partial charge in [-0.2, -0.15) is 4.31 Å². The molecule has 0 bridgehead atoms. The first-order valence-corrected chi connectivity index (χ1v) is 9.19. The van der Waals surface area contributed by atoms with Gasteiger partial charge in [0.1, 0.15) is 6.04 Å². The lowest BCUT2D eigenvalue weighted by Gasteiger charge is -2.26. The van der Waals surface area contributed by atoms with Crippen molar-refractivity contribution in [3.05, 3.63) is 23.8 Å². The lowest BCUT2D eigenvalue weighted by atomic mass is 10.2. The standard InChI is InChI=1S/C16H25N3O5S/c1-11-6-7-14(10-15(11)18(4)5)25(23,24)19(12(2)16(21)22)9-8-17-13(3)20/h6-7,10,12H,8-9H2,1-5H3,(H,17,20)(H,21,22). The van der Waals surface area contributed by atoms with Crippen LogP contribution in [0.4, 0.5) is 5.69 Å². The number of benzene rings is 1. The molecule has 0 aliphatic heterocycles. The summed E-state index contributed by atoms with van der Waals surface area (Å²) in [6.45, 7) is 4.36. The summed E-state index contributed by atoms with van der Waals surface area (Å²) in [6, 6.07) is 3.39. The Labute approximate surface area is 148 Å². The van der Waals surface area contributed by atoms with Crippen molar-refractivity contribution in [1.29, 1.82) is 0 Å². The van der Waals surface area contributed by atoms with Crippen LogP contribution in [0.2, 0.25) is 0 Å². The molecular formula is C16H25N3O5S. The van der Waals surface area contributed by atoms with E-state index in [0.29, 0.717) is 0 Å². The van der Waals surface area contributed by atoms with Crippen LogP contribution in [0.25, 0.3) is 0 Å². The third kappa shape index (κ3) is 5.17. The average molecular weight is 371 g/mol. The number of sulfonamides is 1. The van der Waals surface area contributed by atoms with Gasteiger partial charge in [0.15, 0.2) is 0 Å². The van der Waals surface area contributed by atoms with E-state index < -0.39 is 22.0 Å². The van der Waals surface area contributed by atoms with Gasteiger partial charge < -0.3 is 15.3 Å². The molecule has 0 radical (unpaired) electrons. The van der Waals surface area contributed by atoms with Crippen LogP contribution < -0.4 is 10.2 Å². The van der Waals surface area contributed by atoms with Crippen molar-refractivity contribution in [1.82, 2.24) is 9.62 Å². The van der Waals surface area contributed by atoms with Crippen molar-refractivity contribution in [2.75, 3.05) is 32.1 Å². The van der Waals surface area contributed by atoms with Crippen molar-refractivity contribution in [2.24, 2.45) is 0 Å². The number of nitrogens with one attached hydrogen (secondary N) is 1. The molecule has 2 N–H and O–H groups in total. The van der Waals surface area contributed by atoms with Gasteiger partial charge in [0.2, 0.25) is 15.9 Å². The maximum atomic E-state index is 13.0. The molecule has 0 aliphatic rings. The number of aliphatic carboxylic acids is 1. The van der Waals surface area contributed by atoms with Crippen LogP contribution in [-0.4, -0.2) is 62.9 Å². The number of carbonyl (C=O) groups excluding carboxylic acids is 1. The molecule has 8 nitrogen and oxygen atoms in total. The van der Waals surface area contributed by atoms with Crippen LogP contribution in [0.1, 0.15) is 19.4 Å². The molecular weight excluding hydrogens is 346 g/mol. The van der Waals surface area contributed by atoms with Crippen LogP contribution in [0.15, 0.2) is 23.1 Å². The first-order chi connectivity index (χ1) is 11.5. The number of amides is 1. The topological polar surface area (TPSA) is 107 Å². The highest BCUT2D eigenvalue weighted by Gasteiger charge is 2.33. The summed E-state index contributed by atoms with van der Waals surface area (Å²) in [5.41, 5.74) is 1.63. The molecule has 0 spiro atoms. The van der Waals surface area contributed by atoms with Gasteiger partial charge in [0.25, 0.3) is 0 Å². The monoisotopic (exact) mass is 371 g/mol. The summed E-state index contributed by atoms with van der Waals surface area (Å²) in [6.07, 6.45) is 0. The lowest BCUT2D eigenvalue weighted by molar-refractivity contribution is -0.140. The van der Waals surface area contributed by atoms with E-state index in [4.69, 9.17) is 0 Å². The Morgan fingerprint density at radius 1 is 1.28 bits per heavy atom. The van der Waals surface area contributed by atoms with Gasteiger partial charge in [-0.3, -0.25) is 9.59 Å². The van der Waals surface area contributed by atoms with Gasteiger partial charge in [-0.05, 0) is 31.5 Å². The smallest absolute Gasteiger partial charge is 0.321 e. The fourth-order valence-corrected chi connectivity index (χ4v) is 3.96. The minimum absolute atomic E-state index is 0.0118. The predicted molar refractivity (Wildman–Crippen MR) is 95.2 cm³/mol. The highest BCUT2D eigenvalue weighted by atomic mass is 32.2. The van der Waals surface area contributed by atoms with E-state index >= 15 is 0 Å². The second kappa shape index (κ2) is 8.30. The minimum atomic E-state index is -4.04. The van der Waals surface area contributed by atoms with Crippen LogP contribution in [0.3, 0.4) is 0 Å². The number of anilines is 1. The van der Waals surface area contributed by atoms with Gasteiger partial charge in [0, 0.05) is 39.8 Å². The molecule has 0 saturated heterocycles. The zero-order chi connectivity index (χ0) is 19.4. The Hall–Kier alpha value is -2.13. The van der Waals surface area contributed by atoms with Crippen molar-refractivity contribution in [3.63, 3.8) is 0 Å². The molecule has 140 valence electrons. The molecule has 1 aromatic carbocycles. The molecule has 0 aliphatic carbocycles. The van der Waals surface area contributed by atoms with Crippen LogP contribution in [0.5, 0.6) is 0 Å². The van der Waals surface area contributed by atoms with Crippen molar-refractivity contribution in [2.45, 2.75) is 31.7 Å². The molecule has 0 fully saturated rings. The first-order valence-electron chi connectivity index (χ1n) is 7.75. The number of rotatable bonds is 8. The van der Waals surface area contributed by atoms with Crippen molar-refractivity contribution >= 4 is 27.6 Å². The molecule has 1 aromatic rings. The second-order valence-corrected chi connectivity index (χ2v) is 7.85. The Balaban J connectivity index is 3.28. The summed E-state index contributed by atoms with van der Waals surface area (Å²) < 4.78 is 26.8. The Bertz CT molecular complexity index is 746.